The second kappa shape index (κ2) is 5.51. The molecule has 8 heteroatoms. The smallest absolute Gasteiger partial charge is 0.341 e. The van der Waals surface area contributed by atoms with Crippen LogP contribution in [0.4, 0.5) is 4.39 Å². The first-order valence-corrected chi connectivity index (χ1v) is 8.38. The van der Waals surface area contributed by atoms with E-state index in [9.17, 15) is 17.6 Å². The van der Waals surface area contributed by atoms with E-state index in [0.717, 1.165) is 0 Å². The summed E-state index contributed by atoms with van der Waals surface area (Å²) < 4.78 is 43.9. The molecule has 1 unspecified atom stereocenters. The Morgan fingerprint density at radius 1 is 1.27 bits per heavy atom. The van der Waals surface area contributed by atoms with Gasteiger partial charge in [-0.2, -0.15) is 4.31 Å². The van der Waals surface area contributed by atoms with Gasteiger partial charge in [-0.05, 0) is 42.0 Å². The van der Waals surface area contributed by atoms with Crippen LogP contribution in [0.15, 0.2) is 29.2 Å². The number of carboxylic acids is 1. The van der Waals surface area contributed by atoms with Crippen LogP contribution >= 0.6 is 0 Å². The second-order valence-corrected chi connectivity index (χ2v) is 7.56. The van der Waals surface area contributed by atoms with E-state index in [1.54, 1.807) is 0 Å². The summed E-state index contributed by atoms with van der Waals surface area (Å²) in [6.07, 6.45) is 0. The molecular formula is C14H16FNO5S. The summed E-state index contributed by atoms with van der Waals surface area (Å²) in [5, 5.41) is 8.52. The van der Waals surface area contributed by atoms with Crippen molar-refractivity contribution in [2.24, 2.45) is 17.8 Å². The highest BCUT2D eigenvalue weighted by atomic mass is 32.2. The molecule has 0 radical (unpaired) electrons. The molecule has 1 aromatic rings. The van der Waals surface area contributed by atoms with Gasteiger partial charge < -0.3 is 9.84 Å². The molecule has 3 rings (SSSR count). The number of hydrogen-bond acceptors (Lipinski definition) is 4. The maximum Gasteiger partial charge on any atom is 0.341 e. The zero-order valence-electron chi connectivity index (χ0n) is 11.7. The number of rotatable bonds is 6. The number of benzene rings is 1. The topological polar surface area (TPSA) is 83.9 Å². The molecule has 2 aliphatic rings. The van der Waals surface area contributed by atoms with Crippen molar-refractivity contribution < 1.29 is 27.4 Å². The maximum absolute atomic E-state index is 12.6. The minimum Gasteiger partial charge on any atom is -0.482 e. The van der Waals surface area contributed by atoms with E-state index in [1.807, 2.05) is 0 Å². The first-order chi connectivity index (χ1) is 10.4. The predicted molar refractivity (Wildman–Crippen MR) is 74.8 cm³/mol. The van der Waals surface area contributed by atoms with Crippen molar-refractivity contribution in [3.63, 3.8) is 0 Å². The van der Waals surface area contributed by atoms with Crippen LogP contribution in [0.25, 0.3) is 0 Å². The number of halogens is 1. The van der Waals surface area contributed by atoms with Crippen LogP contribution in [0.5, 0.6) is 5.75 Å². The van der Waals surface area contributed by atoms with Crippen molar-refractivity contribution in [1.29, 1.82) is 0 Å². The van der Waals surface area contributed by atoms with Gasteiger partial charge in [0.25, 0.3) is 0 Å². The number of carboxylic acid groups (broad SMARTS) is 1. The third-order valence-corrected chi connectivity index (χ3v) is 6.19. The van der Waals surface area contributed by atoms with Gasteiger partial charge in [-0.3, -0.25) is 4.39 Å². The zero-order valence-corrected chi connectivity index (χ0v) is 12.5. The number of sulfonamides is 1. The maximum atomic E-state index is 12.6. The molecule has 0 amide bonds. The molecule has 120 valence electrons. The van der Waals surface area contributed by atoms with Crippen LogP contribution < -0.4 is 4.74 Å². The quantitative estimate of drug-likeness (QED) is 0.841. The highest BCUT2D eigenvalue weighted by molar-refractivity contribution is 7.89. The summed E-state index contributed by atoms with van der Waals surface area (Å²) >= 11 is 0. The summed E-state index contributed by atoms with van der Waals surface area (Å²) in [5.74, 6) is -0.479. The Hall–Kier alpha value is -1.67. The third kappa shape index (κ3) is 2.68. The van der Waals surface area contributed by atoms with Gasteiger partial charge in [0.1, 0.15) is 5.75 Å². The molecule has 1 N–H and O–H groups in total. The minimum absolute atomic E-state index is 0.0262. The lowest BCUT2D eigenvalue weighted by Crippen LogP contribution is -2.31. The van der Waals surface area contributed by atoms with Crippen molar-refractivity contribution in [2.75, 3.05) is 26.4 Å². The van der Waals surface area contributed by atoms with Crippen molar-refractivity contribution in [3.05, 3.63) is 24.3 Å². The summed E-state index contributed by atoms with van der Waals surface area (Å²) in [6.45, 7) is -0.108. The van der Waals surface area contributed by atoms with Crippen LogP contribution in [0.2, 0.25) is 0 Å². The first-order valence-electron chi connectivity index (χ1n) is 6.94. The van der Waals surface area contributed by atoms with Gasteiger partial charge >= 0.3 is 5.97 Å². The molecule has 1 aliphatic carbocycles. The van der Waals surface area contributed by atoms with Crippen LogP contribution in [0.3, 0.4) is 0 Å². The van der Waals surface area contributed by atoms with Gasteiger partial charge in [0.05, 0.1) is 11.6 Å². The molecule has 6 nitrogen and oxygen atoms in total. The Bertz CT molecular complexity index is 663. The lowest BCUT2D eigenvalue weighted by Gasteiger charge is -2.19. The predicted octanol–water partition coefficient (Wildman–Crippen LogP) is 0.986. The molecule has 22 heavy (non-hydrogen) atoms. The van der Waals surface area contributed by atoms with Crippen LogP contribution in [0.1, 0.15) is 0 Å². The van der Waals surface area contributed by atoms with E-state index in [-0.39, 0.29) is 29.3 Å². The molecule has 0 bridgehead atoms. The number of carbonyl (C=O) groups is 1. The number of ether oxygens (including phenoxy) is 1. The van der Waals surface area contributed by atoms with E-state index in [4.69, 9.17) is 9.84 Å². The minimum atomic E-state index is -3.58. The number of piperidine rings is 1. The molecule has 0 aromatic heterocycles. The average molecular weight is 329 g/mol. The van der Waals surface area contributed by atoms with Crippen LogP contribution in [0, 0.1) is 17.8 Å². The Morgan fingerprint density at radius 3 is 2.36 bits per heavy atom. The van der Waals surface area contributed by atoms with E-state index in [0.29, 0.717) is 18.8 Å². The molecule has 0 spiro atoms. The third-order valence-electron chi connectivity index (χ3n) is 4.34. The number of nitrogens with zero attached hydrogens (tertiary/aromatic N) is 1. The normalized spacial score (nSPS) is 27.4. The summed E-state index contributed by atoms with van der Waals surface area (Å²) in [5.41, 5.74) is 0. The van der Waals surface area contributed by atoms with Crippen LogP contribution in [-0.2, 0) is 14.8 Å². The van der Waals surface area contributed by atoms with E-state index in [1.165, 1.54) is 28.6 Å². The van der Waals surface area contributed by atoms with Crippen molar-refractivity contribution >= 4 is 16.0 Å². The monoisotopic (exact) mass is 329 g/mol. The van der Waals surface area contributed by atoms with Gasteiger partial charge in [0, 0.05) is 13.1 Å². The zero-order chi connectivity index (χ0) is 15.9. The fraction of sp³-hybridized carbons (Fsp3) is 0.500. The Kier molecular flexibility index (Phi) is 3.82. The Labute approximate surface area is 127 Å². The van der Waals surface area contributed by atoms with Crippen molar-refractivity contribution in [1.82, 2.24) is 4.31 Å². The average Bonchev–Trinajstić information content (AvgIpc) is 2.96. The highest BCUT2D eigenvalue weighted by Gasteiger charge is 2.57. The SMILES string of the molecule is O=C(O)COc1ccc(S(=O)(=O)N2C[C@@H]3C(CF)[C@@H]3C2)cc1. The molecule has 2 fully saturated rings. The molecule has 1 saturated heterocycles. The van der Waals surface area contributed by atoms with Gasteiger partial charge in [-0.1, -0.05) is 0 Å². The van der Waals surface area contributed by atoms with E-state index >= 15 is 0 Å². The molecule has 1 saturated carbocycles. The number of fused-ring (bicyclic) bond motifs is 1. The van der Waals surface area contributed by atoms with Crippen LogP contribution in [-0.4, -0.2) is 50.2 Å². The second-order valence-electron chi connectivity index (χ2n) is 5.62. The Balaban J connectivity index is 1.67. The van der Waals surface area contributed by atoms with Gasteiger partial charge in [0.15, 0.2) is 6.61 Å². The van der Waals surface area contributed by atoms with Crippen molar-refractivity contribution in [2.45, 2.75) is 4.90 Å². The number of hydrogen-bond donors (Lipinski definition) is 1. The number of aliphatic carboxylic acids is 1. The fourth-order valence-electron chi connectivity index (χ4n) is 3.04. The molecule has 3 atom stereocenters. The fourth-order valence-corrected chi connectivity index (χ4v) is 4.55. The summed E-state index contributed by atoms with van der Waals surface area (Å²) in [7, 11) is -3.58. The molecular weight excluding hydrogens is 313 g/mol. The standard InChI is InChI=1S/C14H16FNO5S/c15-5-11-12-6-16(7-13(11)12)22(19,20)10-3-1-9(2-4-10)21-8-14(17)18/h1-4,11-13H,5-8H2,(H,17,18)/t11?,12-,13+. The van der Waals surface area contributed by atoms with E-state index in [2.05, 4.69) is 0 Å². The van der Waals surface area contributed by atoms with E-state index < -0.39 is 22.6 Å². The molecule has 1 aliphatic heterocycles. The summed E-state index contributed by atoms with van der Waals surface area (Å²) in [4.78, 5) is 10.5. The lowest BCUT2D eigenvalue weighted by molar-refractivity contribution is -0.139. The first kappa shape index (κ1) is 15.2. The lowest BCUT2D eigenvalue weighted by atomic mass is 10.3. The Morgan fingerprint density at radius 2 is 1.86 bits per heavy atom. The summed E-state index contributed by atoms with van der Waals surface area (Å²) in [6, 6.07) is 5.64. The number of alkyl halides is 1. The largest absolute Gasteiger partial charge is 0.482 e. The van der Waals surface area contributed by atoms with Gasteiger partial charge in [-0.25, -0.2) is 13.2 Å². The highest BCUT2D eigenvalue weighted by Crippen LogP contribution is 2.52. The van der Waals surface area contributed by atoms with Crippen molar-refractivity contribution in [3.8, 4) is 5.75 Å². The van der Waals surface area contributed by atoms with Gasteiger partial charge in [0.2, 0.25) is 10.0 Å². The molecule has 1 heterocycles. The molecule has 1 aromatic carbocycles. The van der Waals surface area contributed by atoms with Gasteiger partial charge in [-0.15, -0.1) is 0 Å².